The number of ether oxygens (including phenoxy) is 1. The van der Waals surface area contributed by atoms with Crippen molar-refractivity contribution < 1.29 is 27.4 Å². The van der Waals surface area contributed by atoms with Crippen LogP contribution in [-0.2, 0) is 21.2 Å². The summed E-state index contributed by atoms with van der Waals surface area (Å²) in [5.74, 6) is -1.76. The maximum absolute atomic E-state index is 13.5. The number of benzene rings is 2. The van der Waals surface area contributed by atoms with Gasteiger partial charge in [0.1, 0.15) is 17.1 Å². The van der Waals surface area contributed by atoms with E-state index in [0.29, 0.717) is 6.42 Å². The molecule has 0 aliphatic carbocycles. The van der Waals surface area contributed by atoms with Crippen molar-refractivity contribution in [1.82, 2.24) is 0 Å². The quantitative estimate of drug-likeness (QED) is 0.856. The third-order valence-electron chi connectivity index (χ3n) is 3.86. The van der Waals surface area contributed by atoms with E-state index in [1.54, 1.807) is 6.07 Å². The van der Waals surface area contributed by atoms with Gasteiger partial charge in [-0.2, -0.15) is 0 Å². The number of rotatable bonds is 3. The molecule has 2 aromatic carbocycles. The van der Waals surface area contributed by atoms with Gasteiger partial charge in [0, 0.05) is 6.54 Å². The molecule has 0 unspecified atom stereocenters. The summed E-state index contributed by atoms with van der Waals surface area (Å²) in [6.45, 7) is 0.176. The van der Waals surface area contributed by atoms with Gasteiger partial charge >= 0.3 is 5.97 Å². The number of phenolic OH excluding ortho intramolecular Hbond substituents is 1. The predicted molar refractivity (Wildman–Crippen MR) is 84.1 cm³/mol. The first kappa shape index (κ1) is 16.3. The van der Waals surface area contributed by atoms with Crippen molar-refractivity contribution in [1.29, 1.82) is 0 Å². The van der Waals surface area contributed by atoms with Crippen molar-refractivity contribution in [2.24, 2.45) is 0 Å². The van der Waals surface area contributed by atoms with Gasteiger partial charge in [-0.05, 0) is 42.3 Å². The molecule has 3 rings (SSSR count). The molecule has 0 fully saturated rings. The molecule has 0 atom stereocenters. The molecule has 1 N–H and O–H groups in total. The highest BCUT2D eigenvalue weighted by Crippen LogP contribution is 2.34. The molecule has 0 aromatic heterocycles. The molecule has 126 valence electrons. The Balaban J connectivity index is 2.08. The van der Waals surface area contributed by atoms with Crippen LogP contribution in [-0.4, -0.2) is 33.1 Å². The summed E-state index contributed by atoms with van der Waals surface area (Å²) in [7, 11) is -2.87. The Bertz CT molecular complexity index is 926. The highest BCUT2D eigenvalue weighted by Gasteiger charge is 2.32. The molecule has 0 radical (unpaired) electrons. The largest absolute Gasteiger partial charge is 0.507 e. The Labute approximate surface area is 138 Å². The lowest BCUT2D eigenvalue weighted by atomic mass is 10.2. The molecule has 2 aromatic rings. The standard InChI is InChI=1S/C16H14FNO5S/c1-23-16(20)13-9-12(4-5-15(13)19)24(21,22)18-7-6-10-2-3-11(17)8-14(10)18/h2-5,8-9,19H,6-7H2,1H3. The van der Waals surface area contributed by atoms with E-state index in [-0.39, 0.29) is 28.4 Å². The number of carbonyl (C=O) groups excluding carboxylic acids is 1. The Hall–Kier alpha value is -2.61. The monoisotopic (exact) mass is 351 g/mol. The molecule has 8 heteroatoms. The molecule has 24 heavy (non-hydrogen) atoms. The third kappa shape index (κ3) is 2.58. The summed E-state index contributed by atoms with van der Waals surface area (Å²) in [4.78, 5) is 11.5. The molecule has 1 aliphatic rings. The average molecular weight is 351 g/mol. The molecule has 0 amide bonds. The minimum absolute atomic E-state index is 0.176. The van der Waals surface area contributed by atoms with Crippen LogP contribution >= 0.6 is 0 Å². The van der Waals surface area contributed by atoms with Gasteiger partial charge in [0.05, 0.1) is 17.7 Å². The molecular weight excluding hydrogens is 337 g/mol. The molecule has 6 nitrogen and oxygen atoms in total. The van der Waals surface area contributed by atoms with E-state index in [4.69, 9.17) is 0 Å². The van der Waals surface area contributed by atoms with E-state index in [1.165, 1.54) is 18.2 Å². The maximum atomic E-state index is 13.5. The number of anilines is 1. The Morgan fingerprint density at radius 3 is 2.71 bits per heavy atom. The lowest BCUT2D eigenvalue weighted by molar-refractivity contribution is 0.0597. The van der Waals surface area contributed by atoms with Gasteiger partial charge in [-0.25, -0.2) is 17.6 Å². The van der Waals surface area contributed by atoms with Crippen LogP contribution in [0.25, 0.3) is 0 Å². The number of phenols is 1. The SMILES string of the molecule is COC(=O)c1cc(S(=O)(=O)N2CCc3ccc(F)cc32)ccc1O. The first-order chi connectivity index (χ1) is 11.3. The number of carbonyl (C=O) groups is 1. The minimum Gasteiger partial charge on any atom is -0.507 e. The van der Waals surface area contributed by atoms with E-state index in [0.717, 1.165) is 29.1 Å². The number of fused-ring (bicyclic) bond motifs is 1. The third-order valence-corrected chi connectivity index (χ3v) is 5.67. The molecule has 0 saturated carbocycles. The zero-order chi connectivity index (χ0) is 17.5. The van der Waals surface area contributed by atoms with Gasteiger partial charge < -0.3 is 9.84 Å². The van der Waals surface area contributed by atoms with E-state index in [2.05, 4.69) is 4.74 Å². The fourth-order valence-corrected chi connectivity index (χ4v) is 4.17. The van der Waals surface area contributed by atoms with E-state index < -0.39 is 21.8 Å². The van der Waals surface area contributed by atoms with Gasteiger partial charge in [0.15, 0.2) is 0 Å². The van der Waals surface area contributed by atoms with Crippen molar-refractivity contribution in [2.75, 3.05) is 18.0 Å². The van der Waals surface area contributed by atoms with Crippen LogP contribution in [0.15, 0.2) is 41.3 Å². The van der Waals surface area contributed by atoms with Gasteiger partial charge in [-0.3, -0.25) is 4.31 Å². The van der Waals surface area contributed by atoms with E-state index >= 15 is 0 Å². The lowest BCUT2D eigenvalue weighted by Gasteiger charge is -2.20. The van der Waals surface area contributed by atoms with Crippen molar-refractivity contribution in [2.45, 2.75) is 11.3 Å². The Morgan fingerprint density at radius 1 is 1.25 bits per heavy atom. The molecular formula is C16H14FNO5S. The number of halogens is 1. The summed E-state index contributed by atoms with van der Waals surface area (Å²) in [5.41, 5.74) is 0.756. The van der Waals surface area contributed by atoms with Gasteiger partial charge in [-0.15, -0.1) is 0 Å². The van der Waals surface area contributed by atoms with E-state index in [9.17, 15) is 22.7 Å². The normalized spacial score (nSPS) is 13.7. The number of hydrogen-bond acceptors (Lipinski definition) is 5. The van der Waals surface area contributed by atoms with Crippen LogP contribution in [0.4, 0.5) is 10.1 Å². The van der Waals surface area contributed by atoms with Crippen molar-refractivity contribution in [3.8, 4) is 5.75 Å². The van der Waals surface area contributed by atoms with Crippen LogP contribution in [0.3, 0.4) is 0 Å². The topological polar surface area (TPSA) is 83.9 Å². The lowest BCUT2D eigenvalue weighted by Crippen LogP contribution is -2.29. The highest BCUT2D eigenvalue weighted by molar-refractivity contribution is 7.92. The average Bonchev–Trinajstić information content (AvgIpc) is 2.98. The van der Waals surface area contributed by atoms with Crippen molar-refractivity contribution in [3.05, 3.63) is 53.3 Å². The van der Waals surface area contributed by atoms with Crippen molar-refractivity contribution >= 4 is 21.7 Å². The number of nitrogens with zero attached hydrogens (tertiary/aromatic N) is 1. The van der Waals surface area contributed by atoms with Crippen molar-refractivity contribution in [3.63, 3.8) is 0 Å². The number of aromatic hydroxyl groups is 1. The van der Waals surface area contributed by atoms with Gasteiger partial charge in [0.2, 0.25) is 0 Å². The maximum Gasteiger partial charge on any atom is 0.341 e. The molecule has 1 aliphatic heterocycles. The fourth-order valence-electron chi connectivity index (χ4n) is 2.65. The summed E-state index contributed by atoms with van der Waals surface area (Å²) >= 11 is 0. The second-order valence-corrected chi connectivity index (χ2v) is 7.13. The summed E-state index contributed by atoms with van der Waals surface area (Å²) in [5, 5.41) is 9.70. The van der Waals surface area contributed by atoms with Crippen LogP contribution in [0.5, 0.6) is 5.75 Å². The van der Waals surface area contributed by atoms with E-state index in [1.807, 2.05) is 0 Å². The zero-order valence-corrected chi connectivity index (χ0v) is 13.5. The second-order valence-electron chi connectivity index (χ2n) is 5.27. The first-order valence-electron chi connectivity index (χ1n) is 7.07. The van der Waals surface area contributed by atoms with Gasteiger partial charge in [-0.1, -0.05) is 6.07 Å². The van der Waals surface area contributed by atoms with Gasteiger partial charge in [0.25, 0.3) is 10.0 Å². The molecule has 0 bridgehead atoms. The van der Waals surface area contributed by atoms with Crippen LogP contribution < -0.4 is 4.31 Å². The number of hydrogen-bond donors (Lipinski definition) is 1. The molecule has 0 spiro atoms. The van der Waals surface area contributed by atoms with Crippen LogP contribution in [0, 0.1) is 5.82 Å². The Morgan fingerprint density at radius 2 is 2.00 bits per heavy atom. The Kier molecular flexibility index (Phi) is 3.92. The summed E-state index contributed by atoms with van der Waals surface area (Å²) in [6.07, 6.45) is 0.469. The summed E-state index contributed by atoms with van der Waals surface area (Å²) in [6, 6.07) is 7.35. The smallest absolute Gasteiger partial charge is 0.341 e. The molecule has 1 heterocycles. The number of sulfonamides is 1. The molecule has 0 saturated heterocycles. The predicted octanol–water partition coefficient (Wildman–Crippen LogP) is 2.07. The number of esters is 1. The van der Waals surface area contributed by atoms with Crippen LogP contribution in [0.2, 0.25) is 0 Å². The highest BCUT2D eigenvalue weighted by atomic mass is 32.2. The number of methoxy groups -OCH3 is 1. The first-order valence-corrected chi connectivity index (χ1v) is 8.51. The second kappa shape index (κ2) is 5.79. The van der Waals surface area contributed by atoms with Crippen LogP contribution in [0.1, 0.15) is 15.9 Å². The summed E-state index contributed by atoms with van der Waals surface area (Å²) < 4.78 is 44.8. The minimum atomic E-state index is -4.00. The fraction of sp³-hybridized carbons (Fsp3) is 0.188. The zero-order valence-electron chi connectivity index (χ0n) is 12.7.